The number of para-hydroxylation sites is 1. The molecular formula is C17H20NO4PS. The molecule has 2 rings (SSSR count). The Bertz CT molecular complexity index is 741. The Kier molecular flexibility index (Phi) is 6.33. The zero-order valence-electron chi connectivity index (χ0n) is 13.5. The third-order valence-electron chi connectivity index (χ3n) is 4.22. The summed E-state index contributed by atoms with van der Waals surface area (Å²) in [4.78, 5) is 15.4. The molecule has 0 aliphatic heterocycles. The number of fused-ring (bicyclic) bond motifs is 1. The van der Waals surface area contributed by atoms with Gasteiger partial charge in [0.25, 0.3) is 0 Å². The lowest BCUT2D eigenvalue weighted by molar-refractivity contribution is -0.147. The van der Waals surface area contributed by atoms with E-state index in [9.17, 15) is 14.5 Å². The predicted octanol–water partition coefficient (Wildman–Crippen LogP) is 3.85. The van der Waals surface area contributed by atoms with Crippen molar-refractivity contribution in [1.29, 1.82) is 0 Å². The molecule has 0 bridgehead atoms. The number of carboxylic acid groups (broad SMARTS) is 1. The molecule has 7 heteroatoms. The summed E-state index contributed by atoms with van der Waals surface area (Å²) in [5.74, 6) is -0.969. The number of hydrogen-bond acceptors (Lipinski definition) is 5. The second kappa shape index (κ2) is 8.06. The van der Waals surface area contributed by atoms with Gasteiger partial charge in [0.05, 0.1) is 15.7 Å². The minimum Gasteiger partial charge on any atom is -0.479 e. The number of rotatable bonds is 8. The smallest absolute Gasteiger partial charge is 0.332 e. The normalized spacial score (nSPS) is 16.6. The van der Waals surface area contributed by atoms with Gasteiger partial charge in [-0.25, -0.2) is 9.78 Å². The van der Waals surface area contributed by atoms with E-state index in [1.807, 2.05) is 50.2 Å². The average Bonchev–Trinajstić information content (AvgIpc) is 2.59. The van der Waals surface area contributed by atoms with Gasteiger partial charge in [0, 0.05) is 11.1 Å². The molecule has 0 fully saturated rings. The second-order valence-corrected chi connectivity index (χ2v) is 8.27. The van der Waals surface area contributed by atoms with Gasteiger partial charge in [0.15, 0.2) is 14.6 Å². The van der Waals surface area contributed by atoms with Crippen LogP contribution < -0.4 is 0 Å². The Labute approximate surface area is 146 Å². The third-order valence-corrected chi connectivity index (χ3v) is 6.71. The molecule has 0 aliphatic carbocycles. The number of carbonyl (C=O) groups is 1. The van der Waals surface area contributed by atoms with Crippen molar-refractivity contribution in [1.82, 2.24) is 4.98 Å². The van der Waals surface area contributed by atoms with Crippen LogP contribution in [0, 0.1) is 5.92 Å². The Morgan fingerprint density at radius 3 is 2.71 bits per heavy atom. The summed E-state index contributed by atoms with van der Waals surface area (Å²) >= 11 is 1.48. The SMILES string of the molecule is CC(CC(O)C(=O)O)C(C)(CSc1ccc2ccccc2n1)P=O. The molecule has 0 spiro atoms. The lowest BCUT2D eigenvalue weighted by Crippen LogP contribution is -2.34. The Balaban J connectivity index is 2.07. The summed E-state index contributed by atoms with van der Waals surface area (Å²) in [5.41, 5.74) is 0.901. The summed E-state index contributed by atoms with van der Waals surface area (Å²) in [7, 11) is -0.0701. The zero-order chi connectivity index (χ0) is 17.7. The summed E-state index contributed by atoms with van der Waals surface area (Å²) < 4.78 is 11.7. The number of pyridine rings is 1. The van der Waals surface area contributed by atoms with Crippen molar-refractivity contribution >= 4 is 37.1 Å². The number of aliphatic hydroxyl groups excluding tert-OH is 1. The van der Waals surface area contributed by atoms with Crippen LogP contribution in [0.3, 0.4) is 0 Å². The van der Waals surface area contributed by atoms with Gasteiger partial charge in [-0.2, -0.15) is 0 Å². The van der Waals surface area contributed by atoms with E-state index in [1.54, 1.807) is 0 Å². The lowest BCUT2D eigenvalue weighted by Gasteiger charge is -2.29. The monoisotopic (exact) mass is 365 g/mol. The Hall–Kier alpha value is -1.49. The van der Waals surface area contributed by atoms with Gasteiger partial charge in [-0.15, -0.1) is 11.8 Å². The van der Waals surface area contributed by atoms with Crippen LogP contribution in [0.25, 0.3) is 10.9 Å². The standard InChI is InChI=1S/C17H20NO4PS/c1-11(9-14(19)16(20)21)17(2,23-22)10-24-15-8-7-12-5-3-4-6-13(12)18-15/h3-8,11,14,19H,9-10H2,1-2H3,(H,20,21). The van der Waals surface area contributed by atoms with E-state index < -0.39 is 17.2 Å². The van der Waals surface area contributed by atoms with E-state index in [4.69, 9.17) is 5.11 Å². The van der Waals surface area contributed by atoms with Gasteiger partial charge >= 0.3 is 5.97 Å². The van der Waals surface area contributed by atoms with Crippen LogP contribution in [0.1, 0.15) is 20.3 Å². The van der Waals surface area contributed by atoms with Crippen molar-refractivity contribution in [2.24, 2.45) is 5.92 Å². The van der Waals surface area contributed by atoms with Gasteiger partial charge in [-0.1, -0.05) is 31.2 Å². The van der Waals surface area contributed by atoms with E-state index in [1.165, 1.54) is 11.8 Å². The minimum atomic E-state index is -1.44. The van der Waals surface area contributed by atoms with Gasteiger partial charge in [0.1, 0.15) is 0 Å². The highest BCUT2D eigenvalue weighted by atomic mass is 32.2. The predicted molar refractivity (Wildman–Crippen MR) is 95.9 cm³/mol. The fourth-order valence-corrected chi connectivity index (χ4v) is 4.04. The van der Waals surface area contributed by atoms with Crippen molar-refractivity contribution in [3.05, 3.63) is 36.4 Å². The first-order valence-corrected chi connectivity index (χ1v) is 9.39. The van der Waals surface area contributed by atoms with Gasteiger partial charge in [0.2, 0.25) is 0 Å². The van der Waals surface area contributed by atoms with Crippen molar-refractivity contribution in [3.8, 4) is 0 Å². The molecular weight excluding hydrogens is 345 g/mol. The quantitative estimate of drug-likeness (QED) is 0.546. The highest BCUT2D eigenvalue weighted by Gasteiger charge is 2.35. The Morgan fingerprint density at radius 2 is 2.04 bits per heavy atom. The highest BCUT2D eigenvalue weighted by Crippen LogP contribution is 2.39. The molecule has 1 aromatic heterocycles. The largest absolute Gasteiger partial charge is 0.479 e. The van der Waals surface area contributed by atoms with Gasteiger partial charge in [-0.05, 0) is 31.4 Å². The molecule has 1 heterocycles. The number of nitrogens with zero attached hydrogens (tertiary/aromatic N) is 1. The number of aromatic nitrogens is 1. The average molecular weight is 365 g/mol. The van der Waals surface area contributed by atoms with Gasteiger partial charge < -0.3 is 10.2 Å². The molecule has 0 amide bonds. The van der Waals surface area contributed by atoms with Crippen LogP contribution in [0.15, 0.2) is 41.4 Å². The first-order chi connectivity index (χ1) is 11.4. The summed E-state index contributed by atoms with van der Waals surface area (Å²) in [6, 6.07) is 11.7. The molecule has 0 saturated carbocycles. The van der Waals surface area contributed by atoms with E-state index in [0.29, 0.717) is 5.75 Å². The topological polar surface area (TPSA) is 87.5 Å². The molecule has 0 radical (unpaired) electrons. The van der Waals surface area contributed by atoms with Gasteiger partial charge in [-0.3, -0.25) is 4.57 Å². The van der Waals surface area contributed by atoms with Crippen LogP contribution in [0.2, 0.25) is 0 Å². The molecule has 0 saturated heterocycles. The van der Waals surface area contributed by atoms with Crippen LogP contribution >= 0.6 is 20.2 Å². The summed E-state index contributed by atoms with van der Waals surface area (Å²) in [6.07, 6.45) is -1.38. The molecule has 0 aliphatic rings. The summed E-state index contributed by atoms with van der Waals surface area (Å²) in [5, 5.41) is 19.6. The maximum absolute atomic E-state index is 11.7. The number of carboxylic acids is 1. The van der Waals surface area contributed by atoms with E-state index in [2.05, 4.69) is 4.98 Å². The number of aliphatic carboxylic acids is 1. The molecule has 24 heavy (non-hydrogen) atoms. The highest BCUT2D eigenvalue weighted by molar-refractivity contribution is 7.99. The fourth-order valence-electron chi connectivity index (χ4n) is 2.30. The molecule has 128 valence electrons. The van der Waals surface area contributed by atoms with Crippen LogP contribution in [0.5, 0.6) is 0 Å². The van der Waals surface area contributed by atoms with E-state index >= 15 is 0 Å². The third kappa shape index (κ3) is 4.53. The van der Waals surface area contributed by atoms with E-state index in [-0.39, 0.29) is 20.8 Å². The van der Waals surface area contributed by atoms with Crippen molar-refractivity contribution in [2.75, 3.05) is 5.75 Å². The Morgan fingerprint density at radius 1 is 1.33 bits per heavy atom. The van der Waals surface area contributed by atoms with Crippen molar-refractivity contribution < 1.29 is 19.6 Å². The molecule has 3 atom stereocenters. The first kappa shape index (κ1) is 18.8. The van der Waals surface area contributed by atoms with Crippen LogP contribution in [-0.2, 0) is 9.36 Å². The number of thioether (sulfide) groups is 1. The van der Waals surface area contributed by atoms with Crippen molar-refractivity contribution in [3.63, 3.8) is 0 Å². The maximum atomic E-state index is 11.7. The second-order valence-electron chi connectivity index (χ2n) is 6.07. The maximum Gasteiger partial charge on any atom is 0.332 e. The zero-order valence-corrected chi connectivity index (χ0v) is 15.3. The minimum absolute atomic E-state index is 0.0623. The molecule has 3 unspecified atom stereocenters. The number of hydrogen-bond donors (Lipinski definition) is 2. The van der Waals surface area contributed by atoms with Crippen LogP contribution in [0.4, 0.5) is 0 Å². The number of aliphatic hydroxyl groups is 1. The van der Waals surface area contributed by atoms with Crippen molar-refractivity contribution in [2.45, 2.75) is 36.6 Å². The first-order valence-electron chi connectivity index (χ1n) is 7.59. The molecule has 5 nitrogen and oxygen atoms in total. The fraction of sp³-hybridized carbons (Fsp3) is 0.412. The number of benzene rings is 1. The molecule has 2 aromatic rings. The molecule has 1 aromatic carbocycles. The lowest BCUT2D eigenvalue weighted by atomic mass is 9.91. The van der Waals surface area contributed by atoms with E-state index in [0.717, 1.165) is 15.9 Å². The van der Waals surface area contributed by atoms with Crippen LogP contribution in [-0.4, -0.2) is 38.2 Å². The summed E-state index contributed by atoms with van der Waals surface area (Å²) in [6.45, 7) is 3.64. The molecule has 2 N–H and O–H groups in total.